The molecule has 0 spiro atoms. The lowest BCUT2D eigenvalue weighted by molar-refractivity contribution is -0.119. The van der Waals surface area contributed by atoms with E-state index in [2.05, 4.69) is 10.3 Å². The number of hydrogen-bond donors (Lipinski definition) is 1. The van der Waals surface area contributed by atoms with Crippen LogP contribution in [-0.4, -0.2) is 21.2 Å². The van der Waals surface area contributed by atoms with Crippen molar-refractivity contribution in [3.63, 3.8) is 0 Å². The molecule has 1 amide bonds. The van der Waals surface area contributed by atoms with Crippen molar-refractivity contribution < 1.29 is 9.18 Å². The fourth-order valence-corrected chi connectivity index (χ4v) is 4.09. The van der Waals surface area contributed by atoms with Gasteiger partial charge in [-0.05, 0) is 48.9 Å². The fraction of sp³-hybridized carbons (Fsp3) is 0.125. The van der Waals surface area contributed by atoms with E-state index < -0.39 is 5.82 Å². The van der Waals surface area contributed by atoms with Crippen LogP contribution < -0.4 is 10.9 Å². The predicted octanol–water partition coefficient (Wildman–Crippen LogP) is 4.49. The zero-order chi connectivity index (χ0) is 21.8. The number of amides is 1. The Kier molecular flexibility index (Phi) is 6.13. The van der Waals surface area contributed by atoms with Gasteiger partial charge in [-0.1, -0.05) is 54.2 Å². The lowest BCUT2D eigenvalue weighted by atomic mass is 10.1. The van der Waals surface area contributed by atoms with E-state index in [1.54, 1.807) is 24.3 Å². The Hall–Kier alpha value is -3.45. The van der Waals surface area contributed by atoms with Gasteiger partial charge in [0.2, 0.25) is 5.91 Å². The second-order valence-corrected chi connectivity index (χ2v) is 7.96. The number of rotatable bonds is 6. The third kappa shape index (κ3) is 4.67. The second kappa shape index (κ2) is 9.14. The highest BCUT2D eigenvalue weighted by Crippen LogP contribution is 2.22. The van der Waals surface area contributed by atoms with E-state index in [1.807, 2.05) is 37.3 Å². The van der Waals surface area contributed by atoms with Crippen LogP contribution in [0.1, 0.15) is 18.5 Å². The van der Waals surface area contributed by atoms with Gasteiger partial charge in [-0.25, -0.2) is 9.37 Å². The number of fused-ring (bicyclic) bond motifs is 1. The molecule has 0 aliphatic heterocycles. The summed E-state index contributed by atoms with van der Waals surface area (Å²) in [5, 5.41) is 3.79. The summed E-state index contributed by atoms with van der Waals surface area (Å²) in [4.78, 5) is 30.3. The van der Waals surface area contributed by atoms with E-state index in [9.17, 15) is 14.0 Å². The van der Waals surface area contributed by atoms with Crippen molar-refractivity contribution in [2.45, 2.75) is 18.1 Å². The molecule has 4 aromatic rings. The van der Waals surface area contributed by atoms with Crippen LogP contribution in [0.5, 0.6) is 0 Å². The summed E-state index contributed by atoms with van der Waals surface area (Å²) in [6.07, 6.45) is 0. The summed E-state index contributed by atoms with van der Waals surface area (Å²) in [6.45, 7) is 1.92. The Balaban J connectivity index is 1.62. The first kappa shape index (κ1) is 20.8. The highest BCUT2D eigenvalue weighted by Gasteiger charge is 2.16. The Bertz CT molecular complexity index is 1270. The summed E-state index contributed by atoms with van der Waals surface area (Å²) in [5.41, 5.74) is 1.78. The van der Waals surface area contributed by atoms with Crippen LogP contribution >= 0.6 is 11.8 Å². The zero-order valence-electron chi connectivity index (χ0n) is 16.8. The molecule has 0 radical (unpaired) electrons. The summed E-state index contributed by atoms with van der Waals surface area (Å²) in [5.74, 6) is -0.480. The first-order valence-corrected chi connectivity index (χ1v) is 10.8. The predicted molar refractivity (Wildman–Crippen MR) is 121 cm³/mol. The van der Waals surface area contributed by atoms with Gasteiger partial charge in [-0.15, -0.1) is 0 Å². The molecule has 31 heavy (non-hydrogen) atoms. The quantitative estimate of drug-likeness (QED) is 0.359. The molecule has 0 saturated carbocycles. The first-order valence-electron chi connectivity index (χ1n) is 9.78. The van der Waals surface area contributed by atoms with Gasteiger partial charge in [0.25, 0.3) is 5.56 Å². The van der Waals surface area contributed by atoms with Crippen LogP contribution in [-0.2, 0) is 4.79 Å². The Morgan fingerprint density at radius 1 is 1.03 bits per heavy atom. The van der Waals surface area contributed by atoms with Gasteiger partial charge in [-0.3, -0.25) is 14.2 Å². The lowest BCUT2D eigenvalue weighted by Gasteiger charge is -2.15. The standard InChI is InChI=1S/C24H20FN3O2S/c1-16(17-7-3-2-4-8-17)26-22(29)15-31-24-27-21-10-6-5-9-20(21)23(30)28(24)19-13-11-18(25)12-14-19/h2-14,16H,15H2,1H3,(H,26,29)/t16-/m1/s1. The number of hydrogen-bond acceptors (Lipinski definition) is 4. The van der Waals surface area contributed by atoms with Crippen LogP contribution in [0.25, 0.3) is 16.6 Å². The molecule has 1 N–H and O–H groups in total. The van der Waals surface area contributed by atoms with Crippen molar-refractivity contribution in [3.05, 3.63) is 101 Å². The molecule has 4 rings (SSSR count). The molecule has 0 fully saturated rings. The number of carbonyl (C=O) groups excluding carboxylic acids is 1. The van der Waals surface area contributed by atoms with E-state index in [1.165, 1.54) is 40.6 Å². The molecule has 156 valence electrons. The van der Waals surface area contributed by atoms with Crippen molar-refractivity contribution in [2.75, 3.05) is 5.75 Å². The molecule has 1 heterocycles. The Morgan fingerprint density at radius 2 is 1.71 bits per heavy atom. The molecule has 1 aromatic heterocycles. The summed E-state index contributed by atoms with van der Waals surface area (Å²) in [7, 11) is 0. The van der Waals surface area contributed by atoms with E-state index in [0.29, 0.717) is 21.7 Å². The van der Waals surface area contributed by atoms with Crippen molar-refractivity contribution >= 4 is 28.6 Å². The number of benzene rings is 3. The molecule has 0 bridgehead atoms. The van der Waals surface area contributed by atoms with E-state index in [0.717, 1.165) is 5.56 Å². The van der Waals surface area contributed by atoms with Crippen molar-refractivity contribution in [1.82, 2.24) is 14.9 Å². The van der Waals surface area contributed by atoms with Crippen LogP contribution in [0, 0.1) is 5.82 Å². The second-order valence-electron chi connectivity index (χ2n) is 7.02. The highest BCUT2D eigenvalue weighted by molar-refractivity contribution is 7.99. The first-order chi connectivity index (χ1) is 15.0. The smallest absolute Gasteiger partial charge is 0.266 e. The van der Waals surface area contributed by atoms with Crippen molar-refractivity contribution in [2.24, 2.45) is 0 Å². The van der Waals surface area contributed by atoms with Gasteiger partial charge in [0.05, 0.1) is 28.4 Å². The third-order valence-electron chi connectivity index (χ3n) is 4.84. The number of nitrogens with one attached hydrogen (secondary N) is 1. The van der Waals surface area contributed by atoms with Gasteiger partial charge in [0.15, 0.2) is 5.16 Å². The lowest BCUT2D eigenvalue weighted by Crippen LogP contribution is -2.29. The SMILES string of the molecule is C[C@@H](NC(=O)CSc1nc2ccccc2c(=O)n1-c1ccc(F)cc1)c1ccccc1. The molecule has 0 unspecified atom stereocenters. The number of nitrogens with zero attached hydrogens (tertiary/aromatic N) is 2. The number of thioether (sulfide) groups is 1. The monoisotopic (exact) mass is 433 g/mol. The third-order valence-corrected chi connectivity index (χ3v) is 5.78. The summed E-state index contributed by atoms with van der Waals surface area (Å²) >= 11 is 1.17. The summed E-state index contributed by atoms with van der Waals surface area (Å²) in [6, 6.07) is 22.2. The van der Waals surface area contributed by atoms with Crippen LogP contribution in [0.3, 0.4) is 0 Å². The Labute approximate surface area is 182 Å². The highest BCUT2D eigenvalue weighted by atomic mass is 32.2. The van der Waals surface area contributed by atoms with Gasteiger partial charge in [-0.2, -0.15) is 0 Å². The molecule has 0 saturated heterocycles. The molecule has 0 aliphatic carbocycles. The average Bonchev–Trinajstić information content (AvgIpc) is 2.79. The van der Waals surface area contributed by atoms with E-state index in [4.69, 9.17) is 0 Å². The topological polar surface area (TPSA) is 64.0 Å². The number of carbonyl (C=O) groups is 1. The number of para-hydroxylation sites is 1. The maximum Gasteiger partial charge on any atom is 0.266 e. The van der Waals surface area contributed by atoms with Gasteiger partial charge >= 0.3 is 0 Å². The van der Waals surface area contributed by atoms with Gasteiger partial charge < -0.3 is 5.32 Å². The van der Waals surface area contributed by atoms with Crippen LogP contribution in [0.4, 0.5) is 4.39 Å². The van der Waals surface area contributed by atoms with Crippen LogP contribution in [0.15, 0.2) is 88.8 Å². The van der Waals surface area contributed by atoms with Crippen molar-refractivity contribution in [3.8, 4) is 5.69 Å². The minimum Gasteiger partial charge on any atom is -0.349 e. The summed E-state index contributed by atoms with van der Waals surface area (Å²) < 4.78 is 14.8. The normalized spacial score (nSPS) is 11.9. The fourth-order valence-electron chi connectivity index (χ4n) is 3.27. The largest absolute Gasteiger partial charge is 0.349 e. The average molecular weight is 434 g/mol. The van der Waals surface area contributed by atoms with E-state index in [-0.39, 0.29) is 23.3 Å². The minimum absolute atomic E-state index is 0.0865. The molecule has 7 heteroatoms. The van der Waals surface area contributed by atoms with Crippen molar-refractivity contribution in [1.29, 1.82) is 0 Å². The van der Waals surface area contributed by atoms with E-state index >= 15 is 0 Å². The molecular weight excluding hydrogens is 413 g/mol. The van der Waals surface area contributed by atoms with Gasteiger partial charge in [0.1, 0.15) is 5.82 Å². The maximum atomic E-state index is 13.4. The molecule has 5 nitrogen and oxygen atoms in total. The number of aromatic nitrogens is 2. The Morgan fingerprint density at radius 3 is 2.45 bits per heavy atom. The maximum absolute atomic E-state index is 13.4. The molecule has 3 aromatic carbocycles. The molecular formula is C24H20FN3O2S. The van der Waals surface area contributed by atoms with Crippen LogP contribution in [0.2, 0.25) is 0 Å². The zero-order valence-corrected chi connectivity index (χ0v) is 17.6. The number of halogens is 1. The molecule has 1 atom stereocenters. The van der Waals surface area contributed by atoms with Gasteiger partial charge in [0, 0.05) is 0 Å². The minimum atomic E-state index is -0.394. The molecule has 0 aliphatic rings.